The molecule has 2 bridgehead atoms. The van der Waals surface area contributed by atoms with Gasteiger partial charge in [-0.3, -0.25) is 4.79 Å². The first-order valence-corrected chi connectivity index (χ1v) is 8.80. The van der Waals surface area contributed by atoms with Gasteiger partial charge in [0.05, 0.1) is 5.60 Å². The van der Waals surface area contributed by atoms with E-state index < -0.39 is 41.2 Å². The minimum absolute atomic E-state index is 0.0265. The number of fused-ring (bicyclic) bond motifs is 4. The molecule has 4 aliphatic rings. The van der Waals surface area contributed by atoms with Crippen LogP contribution < -0.4 is 0 Å². The number of esters is 1. The molecule has 0 unspecified atom stereocenters. The van der Waals surface area contributed by atoms with Crippen molar-refractivity contribution in [2.24, 2.45) is 17.3 Å². The standard InChI is InChI=1S/C18H24O6/c1-8-12-15(20)18(22)7-5-4-6-10(18)17(8,3)14(19)11-13(24-12)9(2)23-16(11)21/h8-10,12,15,20,22H,4-7H2,1-3H3/t8-,9-,10+,12+,15-,17-,18+/m0/s1. The Kier molecular flexibility index (Phi) is 3.23. The summed E-state index contributed by atoms with van der Waals surface area (Å²) in [7, 11) is 0. The third-order valence-corrected chi connectivity index (χ3v) is 6.99. The van der Waals surface area contributed by atoms with Crippen LogP contribution in [0.3, 0.4) is 0 Å². The van der Waals surface area contributed by atoms with Crippen LogP contribution in [0, 0.1) is 17.3 Å². The van der Waals surface area contributed by atoms with Crippen LogP contribution in [-0.2, 0) is 19.1 Å². The lowest BCUT2D eigenvalue weighted by molar-refractivity contribution is -0.249. The van der Waals surface area contributed by atoms with Crippen LogP contribution in [0.25, 0.3) is 0 Å². The maximum atomic E-state index is 13.4. The van der Waals surface area contributed by atoms with Gasteiger partial charge in [0.2, 0.25) is 0 Å². The fourth-order valence-corrected chi connectivity index (χ4v) is 5.45. The number of carbonyl (C=O) groups is 2. The number of ketones is 1. The predicted octanol–water partition coefficient (Wildman–Crippen LogP) is 1.09. The number of ether oxygens (including phenoxy) is 2. The number of cyclic esters (lactones) is 1. The molecule has 24 heavy (non-hydrogen) atoms. The molecule has 2 heterocycles. The zero-order chi connectivity index (χ0) is 17.4. The Morgan fingerprint density at radius 2 is 1.88 bits per heavy atom. The van der Waals surface area contributed by atoms with Crippen LogP contribution in [0.5, 0.6) is 0 Å². The molecule has 0 aromatic rings. The molecular formula is C18H24O6. The Hall–Kier alpha value is -1.40. The van der Waals surface area contributed by atoms with Gasteiger partial charge in [-0.2, -0.15) is 0 Å². The first-order valence-electron chi connectivity index (χ1n) is 8.80. The molecule has 132 valence electrons. The fourth-order valence-electron chi connectivity index (χ4n) is 5.45. The van der Waals surface area contributed by atoms with Gasteiger partial charge in [-0.25, -0.2) is 4.79 Å². The summed E-state index contributed by atoms with van der Waals surface area (Å²) in [6.07, 6.45) is 0.333. The summed E-state index contributed by atoms with van der Waals surface area (Å²) in [4.78, 5) is 25.6. The molecule has 2 N–H and O–H groups in total. The lowest BCUT2D eigenvalue weighted by atomic mass is 9.48. The van der Waals surface area contributed by atoms with Crippen LogP contribution in [-0.4, -0.2) is 45.9 Å². The van der Waals surface area contributed by atoms with E-state index in [1.165, 1.54) is 0 Å². The summed E-state index contributed by atoms with van der Waals surface area (Å²) in [5.41, 5.74) is -2.34. The van der Waals surface area contributed by atoms with Crippen LogP contribution in [0.4, 0.5) is 0 Å². The zero-order valence-electron chi connectivity index (χ0n) is 14.2. The maximum absolute atomic E-state index is 13.4. The molecule has 7 atom stereocenters. The second-order valence-corrected chi connectivity index (χ2v) is 8.00. The molecule has 2 aliphatic heterocycles. The molecule has 0 spiro atoms. The smallest absolute Gasteiger partial charge is 0.346 e. The number of rotatable bonds is 0. The Morgan fingerprint density at radius 1 is 1.17 bits per heavy atom. The quantitative estimate of drug-likeness (QED) is 0.508. The highest BCUT2D eigenvalue weighted by molar-refractivity contribution is 6.21. The Morgan fingerprint density at radius 3 is 2.58 bits per heavy atom. The molecule has 0 amide bonds. The van der Waals surface area contributed by atoms with Crippen molar-refractivity contribution in [3.8, 4) is 0 Å². The fraction of sp³-hybridized carbons (Fsp3) is 0.778. The largest absolute Gasteiger partial charge is 0.487 e. The molecule has 0 aromatic carbocycles. The lowest BCUT2D eigenvalue weighted by Crippen LogP contribution is -2.69. The summed E-state index contributed by atoms with van der Waals surface area (Å²) in [5.74, 6) is -1.45. The molecule has 2 saturated carbocycles. The molecule has 6 nitrogen and oxygen atoms in total. The lowest BCUT2D eigenvalue weighted by Gasteiger charge is -2.59. The van der Waals surface area contributed by atoms with Gasteiger partial charge in [0.15, 0.2) is 17.6 Å². The molecule has 0 saturated heterocycles. The van der Waals surface area contributed by atoms with E-state index in [2.05, 4.69) is 0 Å². The molecule has 4 rings (SSSR count). The maximum Gasteiger partial charge on any atom is 0.346 e. The van der Waals surface area contributed by atoms with E-state index in [-0.39, 0.29) is 23.0 Å². The van der Waals surface area contributed by atoms with Crippen molar-refractivity contribution in [1.82, 2.24) is 0 Å². The van der Waals surface area contributed by atoms with Crippen molar-refractivity contribution in [2.75, 3.05) is 0 Å². The molecular weight excluding hydrogens is 312 g/mol. The van der Waals surface area contributed by atoms with E-state index in [1.807, 2.05) is 13.8 Å². The van der Waals surface area contributed by atoms with E-state index in [0.29, 0.717) is 12.8 Å². The van der Waals surface area contributed by atoms with Crippen molar-refractivity contribution >= 4 is 11.8 Å². The second-order valence-electron chi connectivity index (χ2n) is 8.00. The van der Waals surface area contributed by atoms with Crippen LogP contribution in [0.2, 0.25) is 0 Å². The van der Waals surface area contributed by atoms with Gasteiger partial charge in [0, 0.05) is 17.3 Å². The summed E-state index contributed by atoms with van der Waals surface area (Å²) < 4.78 is 11.1. The van der Waals surface area contributed by atoms with E-state index in [1.54, 1.807) is 6.92 Å². The number of carbonyl (C=O) groups excluding carboxylic acids is 2. The topological polar surface area (TPSA) is 93.1 Å². The number of hydrogen-bond donors (Lipinski definition) is 2. The average molecular weight is 336 g/mol. The summed E-state index contributed by atoms with van der Waals surface area (Å²) in [5, 5.41) is 22.2. The van der Waals surface area contributed by atoms with E-state index in [4.69, 9.17) is 9.47 Å². The van der Waals surface area contributed by atoms with Gasteiger partial charge in [0.25, 0.3) is 0 Å². The van der Waals surface area contributed by atoms with Gasteiger partial charge in [-0.05, 0) is 19.8 Å². The van der Waals surface area contributed by atoms with Gasteiger partial charge in [-0.1, -0.05) is 26.7 Å². The minimum Gasteiger partial charge on any atom is -0.487 e. The van der Waals surface area contributed by atoms with Gasteiger partial charge in [-0.15, -0.1) is 0 Å². The average Bonchev–Trinajstić information content (AvgIpc) is 2.78. The van der Waals surface area contributed by atoms with Gasteiger partial charge >= 0.3 is 5.97 Å². The van der Waals surface area contributed by atoms with E-state index >= 15 is 0 Å². The van der Waals surface area contributed by atoms with Gasteiger partial charge in [0.1, 0.15) is 17.8 Å². The van der Waals surface area contributed by atoms with Crippen molar-refractivity contribution in [2.45, 2.75) is 70.4 Å². The Balaban J connectivity index is 1.92. The van der Waals surface area contributed by atoms with Gasteiger partial charge < -0.3 is 19.7 Å². The van der Waals surface area contributed by atoms with E-state index in [9.17, 15) is 19.8 Å². The third-order valence-electron chi connectivity index (χ3n) is 6.99. The van der Waals surface area contributed by atoms with Crippen molar-refractivity contribution in [3.05, 3.63) is 11.3 Å². The Bertz CT molecular complexity index is 654. The highest BCUT2D eigenvalue weighted by atomic mass is 16.6. The molecule has 6 heteroatoms. The third kappa shape index (κ3) is 1.68. The van der Waals surface area contributed by atoms with Crippen molar-refractivity contribution in [1.29, 1.82) is 0 Å². The summed E-state index contributed by atoms with van der Waals surface area (Å²) >= 11 is 0. The van der Waals surface area contributed by atoms with Crippen molar-refractivity contribution < 1.29 is 29.3 Å². The summed E-state index contributed by atoms with van der Waals surface area (Å²) in [6, 6.07) is 0. The van der Waals surface area contributed by atoms with Crippen LogP contribution in [0.1, 0.15) is 46.5 Å². The second kappa shape index (κ2) is 4.82. The molecule has 2 aliphatic carbocycles. The molecule has 0 aromatic heterocycles. The highest BCUT2D eigenvalue weighted by Gasteiger charge is 2.68. The van der Waals surface area contributed by atoms with Crippen LogP contribution >= 0.6 is 0 Å². The first kappa shape index (κ1) is 16.1. The number of Topliss-reactive ketones (excluding diaryl/α,β-unsaturated/α-hetero) is 1. The Labute approximate surface area is 140 Å². The highest BCUT2D eigenvalue weighted by Crippen LogP contribution is 2.59. The number of hydrogen-bond acceptors (Lipinski definition) is 6. The molecule has 0 radical (unpaired) electrons. The summed E-state index contributed by atoms with van der Waals surface area (Å²) in [6.45, 7) is 5.34. The van der Waals surface area contributed by atoms with E-state index in [0.717, 1.165) is 12.8 Å². The number of aliphatic hydroxyl groups excluding tert-OH is 1. The monoisotopic (exact) mass is 336 g/mol. The minimum atomic E-state index is -1.35. The van der Waals surface area contributed by atoms with Crippen LogP contribution in [0.15, 0.2) is 11.3 Å². The SMILES string of the molecule is C[C@@H]1OC(=O)C2=C1O[C@H]1[C@H](O)[C@@]3(O)CCCC[C@@H]3[C@@](C)(C2=O)[C@H]1C. The normalized spacial score (nSPS) is 50.6. The first-order chi connectivity index (χ1) is 11.2. The van der Waals surface area contributed by atoms with Crippen molar-refractivity contribution in [3.63, 3.8) is 0 Å². The molecule has 2 fully saturated rings. The predicted molar refractivity (Wildman–Crippen MR) is 82.6 cm³/mol. The zero-order valence-corrected chi connectivity index (χ0v) is 14.2. The number of aliphatic hydroxyl groups is 2.